The van der Waals surface area contributed by atoms with Crippen LogP contribution in [0.1, 0.15) is 33.8 Å². The third-order valence-corrected chi connectivity index (χ3v) is 6.08. The van der Waals surface area contributed by atoms with Crippen molar-refractivity contribution in [3.05, 3.63) is 64.0 Å². The van der Waals surface area contributed by atoms with E-state index >= 15 is 0 Å². The summed E-state index contributed by atoms with van der Waals surface area (Å²) in [7, 11) is 2.02. The number of hydrogen-bond acceptors (Lipinski definition) is 7. The number of aromatic carboxylic acids is 2. The Morgan fingerprint density at radius 2 is 1.86 bits per heavy atom. The Balaban J connectivity index is 0.000000271. The summed E-state index contributed by atoms with van der Waals surface area (Å²) in [6.45, 7) is 5.08. The molecule has 35 heavy (non-hydrogen) atoms. The average molecular weight is 484 g/mol. The van der Waals surface area contributed by atoms with E-state index in [1.807, 2.05) is 18.9 Å². The zero-order chi connectivity index (χ0) is 25.3. The smallest absolute Gasteiger partial charge is 0.354 e. The largest absolute Gasteiger partial charge is 0.487 e. The van der Waals surface area contributed by atoms with Gasteiger partial charge in [-0.05, 0) is 32.2 Å². The van der Waals surface area contributed by atoms with Gasteiger partial charge in [0, 0.05) is 38.6 Å². The normalized spacial score (nSPS) is 17.3. The Kier molecular flexibility index (Phi) is 6.70. The molecule has 11 heteroatoms. The molecule has 2 N–H and O–H groups in total. The number of likely N-dealkylation sites (N-methyl/N-ethyl adjacent to an activating group) is 1. The van der Waals surface area contributed by atoms with Crippen LogP contribution in [0.15, 0.2) is 41.5 Å². The van der Waals surface area contributed by atoms with Gasteiger partial charge in [-0.1, -0.05) is 6.07 Å². The standard InChI is InChI=1S/C18H20FN3O4.C6H5NO2/c1-10-9-26-17-14-11(16(23)12(18(24)25)8-22(10)14)7-13(19)15(17)21-5-3-20(2)4-6-21;8-6(9)5-3-1-2-4-7-5/h7-8,10H,3-6,9H2,1-2H3,(H,24,25);1-4H,(H,8,9)/t10-;/m0./s1. The maximum atomic E-state index is 15.0. The van der Waals surface area contributed by atoms with Gasteiger partial charge in [0.05, 0.1) is 16.9 Å². The van der Waals surface area contributed by atoms with Crippen LogP contribution in [0.4, 0.5) is 10.1 Å². The van der Waals surface area contributed by atoms with Crippen molar-refractivity contribution < 1.29 is 28.9 Å². The highest BCUT2D eigenvalue weighted by Gasteiger charge is 2.30. The molecule has 1 saturated heterocycles. The van der Waals surface area contributed by atoms with Gasteiger partial charge >= 0.3 is 11.9 Å². The fourth-order valence-corrected chi connectivity index (χ4v) is 4.18. The first-order valence-corrected chi connectivity index (χ1v) is 11.0. The number of benzene rings is 1. The number of carboxylic acid groups (broad SMARTS) is 2. The number of carbonyl (C=O) groups is 2. The summed E-state index contributed by atoms with van der Waals surface area (Å²) in [5.74, 6) is -2.53. The van der Waals surface area contributed by atoms with Crippen LogP contribution in [-0.4, -0.2) is 76.4 Å². The molecule has 2 aliphatic heterocycles. The van der Waals surface area contributed by atoms with Crippen molar-refractivity contribution in [2.45, 2.75) is 13.0 Å². The lowest BCUT2D eigenvalue weighted by molar-refractivity contribution is 0.0681. The van der Waals surface area contributed by atoms with Gasteiger partial charge in [0.25, 0.3) is 0 Å². The van der Waals surface area contributed by atoms with E-state index in [4.69, 9.17) is 9.84 Å². The van der Waals surface area contributed by atoms with E-state index in [2.05, 4.69) is 9.88 Å². The molecule has 184 valence electrons. The number of pyridine rings is 2. The molecule has 10 nitrogen and oxygen atoms in total. The predicted octanol–water partition coefficient (Wildman–Crippen LogP) is 2.32. The third kappa shape index (κ3) is 4.67. The molecule has 0 saturated carbocycles. The Labute approximate surface area is 199 Å². The zero-order valence-corrected chi connectivity index (χ0v) is 19.3. The van der Waals surface area contributed by atoms with E-state index in [0.717, 1.165) is 19.2 Å². The van der Waals surface area contributed by atoms with E-state index in [1.54, 1.807) is 16.7 Å². The van der Waals surface area contributed by atoms with Crippen molar-refractivity contribution in [3.8, 4) is 5.75 Å². The van der Waals surface area contributed by atoms with Crippen molar-refractivity contribution in [3.63, 3.8) is 0 Å². The number of halogens is 1. The van der Waals surface area contributed by atoms with Gasteiger partial charge in [0.15, 0.2) is 11.6 Å². The van der Waals surface area contributed by atoms with Crippen LogP contribution >= 0.6 is 0 Å². The van der Waals surface area contributed by atoms with Crippen LogP contribution in [0, 0.1) is 5.82 Å². The quantitative estimate of drug-likeness (QED) is 0.576. The van der Waals surface area contributed by atoms with E-state index in [-0.39, 0.29) is 29.3 Å². The number of ether oxygens (including phenoxy) is 1. The first-order valence-electron chi connectivity index (χ1n) is 11.0. The lowest BCUT2D eigenvalue weighted by Gasteiger charge is -2.37. The van der Waals surface area contributed by atoms with E-state index in [1.165, 1.54) is 18.5 Å². The van der Waals surface area contributed by atoms with Crippen LogP contribution < -0.4 is 15.1 Å². The second-order valence-electron chi connectivity index (χ2n) is 8.49. The highest BCUT2D eigenvalue weighted by molar-refractivity contribution is 5.97. The van der Waals surface area contributed by atoms with Gasteiger partial charge < -0.3 is 29.3 Å². The monoisotopic (exact) mass is 484 g/mol. The highest BCUT2D eigenvalue weighted by atomic mass is 19.1. The molecule has 2 aromatic heterocycles. The lowest BCUT2D eigenvalue weighted by Crippen LogP contribution is -2.45. The van der Waals surface area contributed by atoms with E-state index < -0.39 is 23.2 Å². The summed E-state index contributed by atoms with van der Waals surface area (Å²) in [5.41, 5.74) is -0.143. The summed E-state index contributed by atoms with van der Waals surface area (Å²) >= 11 is 0. The minimum atomic E-state index is -1.32. The summed E-state index contributed by atoms with van der Waals surface area (Å²) in [6, 6.07) is 5.75. The lowest BCUT2D eigenvalue weighted by atomic mass is 10.1. The maximum Gasteiger partial charge on any atom is 0.354 e. The Morgan fingerprint density at radius 3 is 2.43 bits per heavy atom. The molecule has 4 heterocycles. The molecule has 3 aromatic rings. The van der Waals surface area contributed by atoms with Crippen molar-refractivity contribution in [1.29, 1.82) is 0 Å². The molecule has 1 aromatic carbocycles. The van der Waals surface area contributed by atoms with Crippen LogP contribution in [0.25, 0.3) is 10.9 Å². The first-order chi connectivity index (χ1) is 16.7. The van der Waals surface area contributed by atoms with Crippen LogP contribution in [0.2, 0.25) is 0 Å². The number of nitrogens with zero attached hydrogens (tertiary/aromatic N) is 4. The molecular formula is C24H25FN4O6. The minimum Gasteiger partial charge on any atom is -0.487 e. The summed E-state index contributed by atoms with van der Waals surface area (Å²) < 4.78 is 22.6. The summed E-state index contributed by atoms with van der Waals surface area (Å²) in [4.78, 5) is 41.8. The first kappa shape index (κ1) is 24.1. The number of aromatic nitrogens is 2. The molecule has 0 spiro atoms. The molecule has 1 fully saturated rings. The molecule has 0 bridgehead atoms. The van der Waals surface area contributed by atoms with Crippen molar-refractivity contribution in [1.82, 2.24) is 14.5 Å². The van der Waals surface area contributed by atoms with E-state index in [0.29, 0.717) is 30.0 Å². The van der Waals surface area contributed by atoms with Crippen molar-refractivity contribution >= 4 is 28.5 Å². The van der Waals surface area contributed by atoms with Gasteiger partial charge in [-0.2, -0.15) is 0 Å². The van der Waals surface area contributed by atoms with Crippen LogP contribution in [0.3, 0.4) is 0 Å². The fourth-order valence-electron chi connectivity index (χ4n) is 4.18. The molecule has 2 aliphatic rings. The molecule has 1 atom stereocenters. The number of hydrogen-bond donors (Lipinski definition) is 2. The second kappa shape index (κ2) is 9.71. The molecule has 0 aliphatic carbocycles. The molecule has 0 radical (unpaired) electrons. The van der Waals surface area contributed by atoms with Crippen molar-refractivity contribution in [2.24, 2.45) is 0 Å². The third-order valence-electron chi connectivity index (χ3n) is 6.08. The summed E-state index contributed by atoms with van der Waals surface area (Å²) in [6.07, 6.45) is 2.79. The zero-order valence-electron chi connectivity index (χ0n) is 19.3. The Hall–Kier alpha value is -3.99. The van der Waals surface area contributed by atoms with Crippen LogP contribution in [0.5, 0.6) is 5.75 Å². The van der Waals surface area contributed by atoms with Gasteiger partial charge in [0.2, 0.25) is 5.43 Å². The van der Waals surface area contributed by atoms with Gasteiger partial charge in [0.1, 0.15) is 23.6 Å². The van der Waals surface area contributed by atoms with Gasteiger partial charge in [-0.15, -0.1) is 0 Å². The predicted molar refractivity (Wildman–Crippen MR) is 126 cm³/mol. The minimum absolute atomic E-state index is 0.0434. The molecule has 5 rings (SSSR count). The fraction of sp³-hybridized carbons (Fsp3) is 0.333. The van der Waals surface area contributed by atoms with E-state index in [9.17, 15) is 23.9 Å². The van der Waals surface area contributed by atoms with Crippen LogP contribution in [-0.2, 0) is 0 Å². The molecule has 0 amide bonds. The maximum absolute atomic E-state index is 15.0. The molecule has 0 unspecified atom stereocenters. The SMILES string of the molecule is C[C@H]1COc2c(N3CCN(C)CC3)c(F)cc3c(=O)c(C(=O)O)cn1c23.O=C(O)c1ccccn1. The highest BCUT2D eigenvalue weighted by Crippen LogP contribution is 2.42. The van der Waals surface area contributed by atoms with Gasteiger partial charge in [-0.25, -0.2) is 19.0 Å². The number of anilines is 1. The second-order valence-corrected chi connectivity index (χ2v) is 8.49. The number of piperazine rings is 1. The summed E-state index contributed by atoms with van der Waals surface area (Å²) in [5, 5.41) is 17.7. The number of rotatable bonds is 3. The van der Waals surface area contributed by atoms with Crippen molar-refractivity contribution in [2.75, 3.05) is 44.7 Å². The Morgan fingerprint density at radius 1 is 1.14 bits per heavy atom. The topological polar surface area (TPSA) is 125 Å². The Bertz CT molecular complexity index is 1340. The molecular weight excluding hydrogens is 459 g/mol. The number of carboxylic acids is 2. The van der Waals surface area contributed by atoms with Gasteiger partial charge in [-0.3, -0.25) is 4.79 Å². The average Bonchev–Trinajstić information content (AvgIpc) is 2.84.